The Balaban J connectivity index is 1.71. The van der Waals surface area contributed by atoms with Crippen molar-refractivity contribution in [2.24, 2.45) is 0 Å². The SMILES string of the molecule is O=C(NC1CCCCCCC1)OCc1ccccc1. The summed E-state index contributed by atoms with van der Waals surface area (Å²) in [5.74, 6) is 0. The number of amides is 1. The van der Waals surface area contributed by atoms with Crippen LogP contribution in [-0.4, -0.2) is 12.1 Å². The highest BCUT2D eigenvalue weighted by atomic mass is 16.5. The van der Waals surface area contributed by atoms with E-state index in [4.69, 9.17) is 4.74 Å². The van der Waals surface area contributed by atoms with Gasteiger partial charge in [-0.05, 0) is 18.4 Å². The molecule has 0 radical (unpaired) electrons. The van der Waals surface area contributed by atoms with Gasteiger partial charge in [-0.15, -0.1) is 0 Å². The predicted molar refractivity (Wildman–Crippen MR) is 75.9 cm³/mol. The van der Waals surface area contributed by atoms with E-state index >= 15 is 0 Å². The fraction of sp³-hybridized carbons (Fsp3) is 0.562. The molecule has 1 aliphatic rings. The summed E-state index contributed by atoms with van der Waals surface area (Å²) in [5.41, 5.74) is 1.02. The lowest BCUT2D eigenvalue weighted by atomic mass is 9.97. The van der Waals surface area contributed by atoms with Crippen LogP contribution in [0.3, 0.4) is 0 Å². The largest absolute Gasteiger partial charge is 0.445 e. The molecule has 1 N–H and O–H groups in total. The third kappa shape index (κ3) is 5.33. The topological polar surface area (TPSA) is 38.3 Å². The molecule has 1 aromatic rings. The molecular weight excluding hydrogens is 238 g/mol. The van der Waals surface area contributed by atoms with Crippen LogP contribution in [0.25, 0.3) is 0 Å². The van der Waals surface area contributed by atoms with E-state index in [0.717, 1.165) is 18.4 Å². The number of hydrogen-bond acceptors (Lipinski definition) is 2. The number of benzene rings is 1. The van der Waals surface area contributed by atoms with E-state index in [1.807, 2.05) is 30.3 Å². The predicted octanol–water partition coefficient (Wildman–Crippen LogP) is 4.03. The van der Waals surface area contributed by atoms with Crippen molar-refractivity contribution in [2.75, 3.05) is 0 Å². The molecule has 104 valence electrons. The second-order valence-corrected chi connectivity index (χ2v) is 5.25. The van der Waals surface area contributed by atoms with E-state index in [1.165, 1.54) is 32.1 Å². The highest BCUT2D eigenvalue weighted by molar-refractivity contribution is 5.67. The minimum atomic E-state index is -0.283. The molecule has 0 saturated heterocycles. The van der Waals surface area contributed by atoms with E-state index in [2.05, 4.69) is 5.32 Å². The van der Waals surface area contributed by atoms with Crippen molar-refractivity contribution in [2.45, 2.75) is 57.6 Å². The minimum absolute atomic E-state index is 0.283. The number of rotatable bonds is 3. The molecule has 19 heavy (non-hydrogen) atoms. The summed E-state index contributed by atoms with van der Waals surface area (Å²) < 4.78 is 5.25. The molecular formula is C16H23NO2. The van der Waals surface area contributed by atoms with Gasteiger partial charge in [-0.25, -0.2) is 4.79 Å². The summed E-state index contributed by atoms with van der Waals surface area (Å²) >= 11 is 0. The normalized spacial score (nSPS) is 17.3. The summed E-state index contributed by atoms with van der Waals surface area (Å²) in [7, 11) is 0. The smallest absolute Gasteiger partial charge is 0.407 e. The quantitative estimate of drug-likeness (QED) is 0.892. The van der Waals surface area contributed by atoms with Crippen LogP contribution in [0.2, 0.25) is 0 Å². The van der Waals surface area contributed by atoms with Gasteiger partial charge in [0.15, 0.2) is 0 Å². The van der Waals surface area contributed by atoms with Crippen LogP contribution in [-0.2, 0) is 11.3 Å². The van der Waals surface area contributed by atoms with Gasteiger partial charge in [0.1, 0.15) is 6.61 Å². The van der Waals surface area contributed by atoms with Gasteiger partial charge in [0.05, 0.1) is 0 Å². The molecule has 2 rings (SSSR count). The summed E-state index contributed by atoms with van der Waals surface area (Å²) in [5, 5.41) is 3.00. The van der Waals surface area contributed by atoms with Gasteiger partial charge < -0.3 is 10.1 Å². The second kappa shape index (κ2) is 7.82. The number of hydrogen-bond donors (Lipinski definition) is 1. The standard InChI is InChI=1S/C16H23NO2/c18-16(19-13-14-9-5-4-6-10-14)17-15-11-7-2-1-3-8-12-15/h4-6,9-10,15H,1-3,7-8,11-13H2,(H,17,18). The van der Waals surface area contributed by atoms with E-state index < -0.39 is 0 Å². The molecule has 3 heteroatoms. The lowest BCUT2D eigenvalue weighted by Crippen LogP contribution is -2.35. The van der Waals surface area contributed by atoms with Gasteiger partial charge in [0.2, 0.25) is 0 Å². The van der Waals surface area contributed by atoms with Gasteiger partial charge in [-0.1, -0.05) is 62.4 Å². The maximum Gasteiger partial charge on any atom is 0.407 e. The van der Waals surface area contributed by atoms with Crippen LogP contribution in [0.4, 0.5) is 4.79 Å². The average Bonchev–Trinajstić information content (AvgIpc) is 2.41. The van der Waals surface area contributed by atoms with Crippen molar-refractivity contribution in [3.63, 3.8) is 0 Å². The number of alkyl carbamates (subject to hydrolysis) is 1. The molecule has 0 aliphatic heterocycles. The van der Waals surface area contributed by atoms with E-state index in [9.17, 15) is 4.79 Å². The van der Waals surface area contributed by atoms with E-state index in [0.29, 0.717) is 12.6 Å². The first-order chi connectivity index (χ1) is 9.34. The molecule has 1 amide bonds. The number of ether oxygens (including phenoxy) is 1. The third-order valence-corrected chi connectivity index (χ3v) is 3.64. The molecule has 0 heterocycles. The number of nitrogens with one attached hydrogen (secondary N) is 1. The highest BCUT2D eigenvalue weighted by Gasteiger charge is 2.14. The maximum atomic E-state index is 11.7. The Kier molecular flexibility index (Phi) is 5.73. The van der Waals surface area contributed by atoms with Crippen molar-refractivity contribution in [3.8, 4) is 0 Å². The van der Waals surface area contributed by atoms with Crippen LogP contribution in [0.5, 0.6) is 0 Å². The minimum Gasteiger partial charge on any atom is -0.445 e. The molecule has 1 aliphatic carbocycles. The van der Waals surface area contributed by atoms with Crippen LogP contribution in [0.1, 0.15) is 50.5 Å². The van der Waals surface area contributed by atoms with E-state index in [1.54, 1.807) is 0 Å². The molecule has 0 spiro atoms. The number of carbonyl (C=O) groups is 1. The Morgan fingerprint density at radius 3 is 2.37 bits per heavy atom. The molecule has 1 saturated carbocycles. The zero-order valence-corrected chi connectivity index (χ0v) is 11.4. The Morgan fingerprint density at radius 1 is 1.05 bits per heavy atom. The Morgan fingerprint density at radius 2 is 1.68 bits per heavy atom. The first-order valence-electron chi connectivity index (χ1n) is 7.32. The summed E-state index contributed by atoms with van der Waals surface area (Å²) in [6.45, 7) is 0.347. The van der Waals surface area contributed by atoms with Crippen LogP contribution >= 0.6 is 0 Å². The lowest BCUT2D eigenvalue weighted by Gasteiger charge is -2.20. The fourth-order valence-corrected chi connectivity index (χ4v) is 2.53. The van der Waals surface area contributed by atoms with Crippen LogP contribution in [0, 0.1) is 0 Å². The Hall–Kier alpha value is -1.51. The monoisotopic (exact) mass is 261 g/mol. The van der Waals surface area contributed by atoms with Crippen LogP contribution < -0.4 is 5.32 Å². The first kappa shape index (κ1) is 13.9. The summed E-state index contributed by atoms with van der Waals surface area (Å²) in [4.78, 5) is 11.7. The van der Waals surface area contributed by atoms with E-state index in [-0.39, 0.29) is 6.09 Å². The molecule has 3 nitrogen and oxygen atoms in total. The van der Waals surface area contributed by atoms with Crippen molar-refractivity contribution >= 4 is 6.09 Å². The van der Waals surface area contributed by atoms with Gasteiger partial charge in [-0.2, -0.15) is 0 Å². The third-order valence-electron chi connectivity index (χ3n) is 3.64. The molecule has 1 fully saturated rings. The zero-order chi connectivity index (χ0) is 13.3. The zero-order valence-electron chi connectivity index (χ0n) is 11.4. The molecule has 1 aromatic carbocycles. The summed E-state index contributed by atoms with van der Waals surface area (Å²) in [6.07, 6.45) is 8.22. The van der Waals surface area contributed by atoms with Crippen molar-refractivity contribution in [1.29, 1.82) is 0 Å². The number of carbonyl (C=O) groups excluding carboxylic acids is 1. The van der Waals surface area contributed by atoms with Gasteiger partial charge in [0, 0.05) is 6.04 Å². The molecule has 0 aromatic heterocycles. The molecule has 0 bridgehead atoms. The van der Waals surface area contributed by atoms with Crippen molar-refractivity contribution in [3.05, 3.63) is 35.9 Å². The van der Waals surface area contributed by atoms with Crippen molar-refractivity contribution in [1.82, 2.24) is 5.32 Å². The maximum absolute atomic E-state index is 11.7. The highest BCUT2D eigenvalue weighted by Crippen LogP contribution is 2.17. The lowest BCUT2D eigenvalue weighted by molar-refractivity contribution is 0.133. The van der Waals surface area contributed by atoms with Crippen molar-refractivity contribution < 1.29 is 9.53 Å². The Bertz CT molecular complexity index is 370. The van der Waals surface area contributed by atoms with Gasteiger partial charge in [0.25, 0.3) is 0 Å². The molecule has 0 unspecified atom stereocenters. The first-order valence-corrected chi connectivity index (χ1v) is 7.32. The average molecular weight is 261 g/mol. The van der Waals surface area contributed by atoms with Crippen LogP contribution in [0.15, 0.2) is 30.3 Å². The fourth-order valence-electron chi connectivity index (χ4n) is 2.53. The van der Waals surface area contributed by atoms with Gasteiger partial charge in [-0.3, -0.25) is 0 Å². The van der Waals surface area contributed by atoms with Gasteiger partial charge >= 0.3 is 6.09 Å². The summed E-state index contributed by atoms with van der Waals surface area (Å²) in [6, 6.07) is 10.1. The Labute approximate surface area is 115 Å². The molecule has 0 atom stereocenters. The second-order valence-electron chi connectivity index (χ2n) is 5.25.